The van der Waals surface area contributed by atoms with Gasteiger partial charge in [0.1, 0.15) is 17.5 Å². The van der Waals surface area contributed by atoms with Gasteiger partial charge in [-0.3, -0.25) is 14.5 Å². The predicted molar refractivity (Wildman–Crippen MR) is 49.6 cm³/mol. The molecule has 0 aromatic carbocycles. The van der Waals surface area contributed by atoms with E-state index >= 15 is 0 Å². The first-order chi connectivity index (χ1) is 6.65. The molecule has 0 bridgehead atoms. The van der Waals surface area contributed by atoms with Gasteiger partial charge in [-0.25, -0.2) is 0 Å². The third-order valence-corrected chi connectivity index (χ3v) is 2.20. The molecule has 0 fully saturated rings. The average Bonchev–Trinajstić information content (AvgIpc) is 2.49. The summed E-state index contributed by atoms with van der Waals surface area (Å²) in [4.78, 5) is 15.8. The maximum absolute atomic E-state index is 11.7. The van der Waals surface area contributed by atoms with Crippen molar-refractivity contribution in [3.05, 3.63) is 11.4 Å². The molecule has 1 aromatic rings. The third-order valence-electron chi connectivity index (χ3n) is 2.20. The first-order valence-electron chi connectivity index (χ1n) is 4.20. The maximum atomic E-state index is 11.7. The molecule has 1 aliphatic rings. The van der Waals surface area contributed by atoms with Crippen LogP contribution in [0.2, 0.25) is 0 Å². The van der Waals surface area contributed by atoms with Crippen molar-refractivity contribution in [2.24, 2.45) is 18.0 Å². The molecule has 0 spiro atoms. The number of ketones is 1. The van der Waals surface area contributed by atoms with E-state index in [2.05, 4.69) is 10.1 Å². The Morgan fingerprint density at radius 1 is 1.64 bits per heavy atom. The largest absolute Gasteiger partial charge is 0.292 e. The molecule has 2 rings (SSSR count). The number of hydrogen-bond donors (Lipinski definition) is 0. The number of aromatic nitrogens is 2. The van der Waals surface area contributed by atoms with E-state index in [1.54, 1.807) is 20.2 Å². The summed E-state index contributed by atoms with van der Waals surface area (Å²) >= 11 is 0. The Hall–Kier alpha value is -1.96. The highest BCUT2D eigenvalue weighted by atomic mass is 16.1. The van der Waals surface area contributed by atoms with Gasteiger partial charge in [-0.05, 0) is 0 Å². The van der Waals surface area contributed by atoms with Crippen molar-refractivity contribution in [3.63, 3.8) is 0 Å². The van der Waals surface area contributed by atoms with Gasteiger partial charge in [-0.15, -0.1) is 0 Å². The van der Waals surface area contributed by atoms with Crippen LogP contribution < -0.4 is 0 Å². The standard InChI is InChI=1S/C9H8N4O/c1-5-4-11-7-6(3-10)12-13(2)8(7)9(5)14/h4-5H,1-2H3/t5-/m1/s1. The molecule has 70 valence electrons. The SMILES string of the molecule is C[C@@H]1C=Nc2c(C#N)nn(C)c2C1=O. The number of carbonyl (C=O) groups excluding carboxylic acids is 1. The number of fused-ring (bicyclic) bond motifs is 1. The Morgan fingerprint density at radius 2 is 2.36 bits per heavy atom. The summed E-state index contributed by atoms with van der Waals surface area (Å²) in [6.07, 6.45) is 1.55. The van der Waals surface area contributed by atoms with Crippen LogP contribution in [0.25, 0.3) is 0 Å². The number of carbonyl (C=O) groups is 1. The zero-order valence-electron chi connectivity index (χ0n) is 7.85. The van der Waals surface area contributed by atoms with E-state index in [-0.39, 0.29) is 17.4 Å². The zero-order valence-corrected chi connectivity index (χ0v) is 7.85. The highest BCUT2D eigenvalue weighted by molar-refractivity contribution is 6.11. The topological polar surface area (TPSA) is 71.0 Å². The Labute approximate surface area is 80.7 Å². The predicted octanol–water partition coefficient (Wildman–Crippen LogP) is 0.826. The van der Waals surface area contributed by atoms with E-state index in [9.17, 15) is 4.79 Å². The van der Waals surface area contributed by atoms with Crippen LogP contribution in [0.1, 0.15) is 23.1 Å². The quantitative estimate of drug-likeness (QED) is 0.605. The first-order valence-corrected chi connectivity index (χ1v) is 4.20. The molecule has 5 heteroatoms. The lowest BCUT2D eigenvalue weighted by Crippen LogP contribution is -2.19. The molecule has 0 radical (unpaired) electrons. The molecule has 2 heterocycles. The number of nitrogens with zero attached hydrogens (tertiary/aromatic N) is 4. The molecule has 0 saturated heterocycles. The second kappa shape index (κ2) is 2.77. The molecular formula is C9H8N4O. The van der Waals surface area contributed by atoms with E-state index in [1.165, 1.54) is 4.68 Å². The zero-order chi connectivity index (χ0) is 10.3. The lowest BCUT2D eigenvalue weighted by molar-refractivity contribution is 0.0953. The highest BCUT2D eigenvalue weighted by Gasteiger charge is 2.28. The minimum atomic E-state index is -0.232. The number of rotatable bonds is 0. The fraction of sp³-hybridized carbons (Fsp3) is 0.333. The van der Waals surface area contributed by atoms with Crippen LogP contribution in [0.15, 0.2) is 4.99 Å². The van der Waals surface area contributed by atoms with Crippen LogP contribution in [0.3, 0.4) is 0 Å². The first kappa shape index (κ1) is 8.63. The van der Waals surface area contributed by atoms with E-state index in [4.69, 9.17) is 5.26 Å². The normalized spacial score (nSPS) is 19.2. The summed E-state index contributed by atoms with van der Waals surface area (Å²) in [7, 11) is 1.64. The Morgan fingerprint density at radius 3 is 3.00 bits per heavy atom. The van der Waals surface area contributed by atoms with Crippen molar-refractivity contribution in [1.29, 1.82) is 5.26 Å². The summed E-state index contributed by atoms with van der Waals surface area (Å²) in [5.41, 5.74) is 1.04. The minimum Gasteiger partial charge on any atom is -0.292 e. The monoisotopic (exact) mass is 188 g/mol. The van der Waals surface area contributed by atoms with Crippen molar-refractivity contribution in [2.75, 3.05) is 0 Å². The Kier molecular flexibility index (Phi) is 1.71. The molecular weight excluding hydrogens is 180 g/mol. The van der Waals surface area contributed by atoms with Crippen molar-refractivity contribution in [3.8, 4) is 6.07 Å². The van der Waals surface area contributed by atoms with Gasteiger partial charge < -0.3 is 0 Å². The molecule has 0 amide bonds. The molecule has 0 N–H and O–H groups in total. The fourth-order valence-electron chi connectivity index (χ4n) is 1.46. The lowest BCUT2D eigenvalue weighted by Gasteiger charge is -2.10. The molecule has 0 unspecified atom stereocenters. The van der Waals surface area contributed by atoms with Crippen LogP contribution in [0.4, 0.5) is 5.69 Å². The smallest absolute Gasteiger partial charge is 0.191 e. The number of nitriles is 1. The summed E-state index contributed by atoms with van der Waals surface area (Å²) in [5.74, 6) is -0.268. The number of Topliss-reactive ketones (excluding diaryl/α,β-unsaturated/α-hetero) is 1. The molecule has 14 heavy (non-hydrogen) atoms. The van der Waals surface area contributed by atoms with Gasteiger partial charge in [0.05, 0.1) is 5.92 Å². The minimum absolute atomic E-state index is 0.0356. The van der Waals surface area contributed by atoms with E-state index in [0.29, 0.717) is 11.4 Å². The highest BCUT2D eigenvalue weighted by Crippen LogP contribution is 2.28. The number of hydrogen-bond acceptors (Lipinski definition) is 4. The summed E-state index contributed by atoms with van der Waals surface area (Å²) in [5, 5.41) is 12.7. The van der Waals surface area contributed by atoms with Crippen LogP contribution in [0.5, 0.6) is 0 Å². The van der Waals surface area contributed by atoms with Gasteiger partial charge in [0.2, 0.25) is 0 Å². The van der Waals surface area contributed by atoms with Gasteiger partial charge in [0, 0.05) is 13.3 Å². The second-order valence-corrected chi connectivity index (χ2v) is 3.21. The molecule has 5 nitrogen and oxygen atoms in total. The van der Waals surface area contributed by atoms with E-state index in [0.717, 1.165) is 0 Å². The summed E-state index contributed by atoms with van der Waals surface area (Å²) < 4.78 is 1.42. The van der Waals surface area contributed by atoms with Crippen LogP contribution in [-0.2, 0) is 7.05 Å². The second-order valence-electron chi connectivity index (χ2n) is 3.21. The lowest BCUT2D eigenvalue weighted by atomic mass is 10.0. The number of aryl methyl sites for hydroxylation is 1. The Bertz CT molecular complexity index is 478. The van der Waals surface area contributed by atoms with Gasteiger partial charge in [0.25, 0.3) is 0 Å². The number of aliphatic imine (C=N–C) groups is 1. The Balaban J connectivity index is 2.71. The summed E-state index contributed by atoms with van der Waals surface area (Å²) in [6.45, 7) is 1.77. The van der Waals surface area contributed by atoms with Crippen molar-refractivity contribution in [2.45, 2.75) is 6.92 Å². The van der Waals surface area contributed by atoms with Gasteiger partial charge in [-0.1, -0.05) is 6.92 Å². The molecule has 1 aromatic heterocycles. The molecule has 0 aliphatic carbocycles. The average molecular weight is 188 g/mol. The molecule has 1 aliphatic heterocycles. The van der Waals surface area contributed by atoms with E-state index < -0.39 is 0 Å². The van der Waals surface area contributed by atoms with Crippen molar-refractivity contribution < 1.29 is 4.79 Å². The fourth-order valence-corrected chi connectivity index (χ4v) is 1.46. The van der Waals surface area contributed by atoms with Crippen LogP contribution in [0, 0.1) is 17.2 Å². The maximum Gasteiger partial charge on any atom is 0.191 e. The van der Waals surface area contributed by atoms with E-state index in [1.807, 2.05) is 6.07 Å². The molecule has 1 atom stereocenters. The van der Waals surface area contributed by atoms with Crippen LogP contribution in [-0.4, -0.2) is 21.8 Å². The summed E-state index contributed by atoms with van der Waals surface area (Å²) in [6, 6.07) is 1.91. The van der Waals surface area contributed by atoms with Crippen molar-refractivity contribution in [1.82, 2.24) is 9.78 Å². The third kappa shape index (κ3) is 0.973. The van der Waals surface area contributed by atoms with Gasteiger partial charge in [0.15, 0.2) is 11.5 Å². The molecule has 0 saturated carbocycles. The van der Waals surface area contributed by atoms with Gasteiger partial charge >= 0.3 is 0 Å². The van der Waals surface area contributed by atoms with Crippen LogP contribution >= 0.6 is 0 Å². The van der Waals surface area contributed by atoms with Gasteiger partial charge in [-0.2, -0.15) is 10.4 Å². The van der Waals surface area contributed by atoms with Crippen molar-refractivity contribution >= 4 is 17.7 Å².